The fourth-order valence-corrected chi connectivity index (χ4v) is 4.28. The normalized spacial score (nSPS) is 19.7. The first-order valence-corrected chi connectivity index (χ1v) is 10.6. The van der Waals surface area contributed by atoms with E-state index in [1.165, 1.54) is 27.8 Å². The maximum atomic E-state index is 6.29. The van der Waals surface area contributed by atoms with Crippen molar-refractivity contribution in [2.75, 3.05) is 0 Å². The van der Waals surface area contributed by atoms with E-state index in [-0.39, 0.29) is 5.92 Å². The molecule has 2 unspecified atom stereocenters. The molecule has 0 aliphatic carbocycles. The third-order valence-corrected chi connectivity index (χ3v) is 6.20. The van der Waals surface area contributed by atoms with E-state index in [4.69, 9.17) is 7.85 Å². The average molecular weight is 381 g/mol. The van der Waals surface area contributed by atoms with Crippen molar-refractivity contribution in [1.82, 2.24) is 4.90 Å². The van der Waals surface area contributed by atoms with E-state index >= 15 is 0 Å². The Hall–Kier alpha value is -2.48. The van der Waals surface area contributed by atoms with Crippen LogP contribution >= 0.6 is 0 Å². The zero-order valence-electron chi connectivity index (χ0n) is 18.3. The topological polar surface area (TPSA) is 3.24 Å². The van der Waals surface area contributed by atoms with Crippen LogP contribution in [-0.4, -0.2) is 12.7 Å². The molecular weight excluding hydrogens is 349 g/mol. The first kappa shape index (κ1) is 21.2. The van der Waals surface area contributed by atoms with Gasteiger partial charge in [0.2, 0.25) is 0 Å². The molecule has 0 amide bonds. The van der Waals surface area contributed by atoms with Crippen molar-refractivity contribution in [3.63, 3.8) is 0 Å². The third-order valence-electron chi connectivity index (χ3n) is 6.20. The summed E-state index contributed by atoms with van der Waals surface area (Å²) in [4.78, 5) is 2.42. The summed E-state index contributed by atoms with van der Waals surface area (Å²) >= 11 is 0. The van der Waals surface area contributed by atoms with Gasteiger partial charge >= 0.3 is 0 Å². The van der Waals surface area contributed by atoms with Gasteiger partial charge in [-0.2, -0.15) is 0 Å². The van der Waals surface area contributed by atoms with Gasteiger partial charge in [-0.1, -0.05) is 81.4 Å². The number of benzene rings is 2. The van der Waals surface area contributed by atoms with Crippen LogP contribution in [0.1, 0.15) is 57.6 Å². The van der Waals surface area contributed by atoms with Gasteiger partial charge in [-0.05, 0) is 53.2 Å². The summed E-state index contributed by atoms with van der Waals surface area (Å²) in [5.41, 5.74) is 7.38. The van der Waals surface area contributed by atoms with Crippen molar-refractivity contribution in [3.05, 3.63) is 89.8 Å². The van der Waals surface area contributed by atoms with Crippen LogP contribution in [-0.2, 0) is 6.54 Å². The minimum Gasteiger partial charge on any atom is -0.344 e. The number of allylic oxidation sites excluding steroid dienone is 5. The molecule has 1 heterocycles. The Morgan fingerprint density at radius 3 is 2.72 bits per heavy atom. The third kappa shape index (κ3) is 4.12. The van der Waals surface area contributed by atoms with Crippen molar-refractivity contribution >= 4 is 24.1 Å². The predicted octanol–water partition coefficient (Wildman–Crippen LogP) is 6.52. The zero-order valence-corrected chi connectivity index (χ0v) is 18.3. The van der Waals surface area contributed by atoms with Crippen molar-refractivity contribution in [3.8, 4) is 0 Å². The van der Waals surface area contributed by atoms with Crippen LogP contribution in [0.2, 0.25) is 0 Å². The second kappa shape index (κ2) is 8.90. The van der Waals surface area contributed by atoms with E-state index in [0.29, 0.717) is 5.92 Å². The van der Waals surface area contributed by atoms with Gasteiger partial charge in [0.05, 0.1) is 0 Å². The lowest BCUT2D eigenvalue weighted by atomic mass is 9.85. The molecule has 0 fully saturated rings. The quantitative estimate of drug-likeness (QED) is 0.421. The molecule has 0 aromatic heterocycles. The largest absolute Gasteiger partial charge is 0.344 e. The maximum Gasteiger partial charge on any atom is 0.114 e. The number of hydrogen-bond donors (Lipinski definition) is 0. The van der Waals surface area contributed by atoms with Gasteiger partial charge in [0.25, 0.3) is 0 Å². The molecule has 29 heavy (non-hydrogen) atoms. The molecule has 2 radical (unpaired) electrons. The number of fused-ring (bicyclic) bond motifs is 3. The van der Waals surface area contributed by atoms with E-state index < -0.39 is 0 Å². The smallest absolute Gasteiger partial charge is 0.114 e. The molecule has 2 aromatic rings. The standard InChI is InChI=1S/C27H32BN/c1-7-9-11-19(4)27-16-20(5)22-14-15-24-23(12-10-13-26(24)28)25(22)17-29(27)21(6)18(3)8-2/h8-15,18,20H,2,6-7,16-17H2,1,3-5H3/b11-9-,27-19+. The van der Waals surface area contributed by atoms with E-state index in [2.05, 4.69) is 82.2 Å². The highest BCUT2D eigenvalue weighted by Crippen LogP contribution is 2.40. The van der Waals surface area contributed by atoms with E-state index in [9.17, 15) is 0 Å². The molecule has 0 saturated carbocycles. The first-order valence-electron chi connectivity index (χ1n) is 10.6. The fraction of sp³-hybridized carbons (Fsp3) is 0.333. The Morgan fingerprint density at radius 2 is 2.03 bits per heavy atom. The highest BCUT2D eigenvalue weighted by Gasteiger charge is 2.27. The Labute approximate surface area is 177 Å². The minimum absolute atomic E-state index is 0.213. The lowest BCUT2D eigenvalue weighted by Gasteiger charge is -2.32. The van der Waals surface area contributed by atoms with Gasteiger partial charge in [0.1, 0.15) is 7.85 Å². The van der Waals surface area contributed by atoms with Crippen molar-refractivity contribution in [1.29, 1.82) is 0 Å². The molecular formula is C27H32BN. The summed E-state index contributed by atoms with van der Waals surface area (Å²) in [5, 5.41) is 2.39. The van der Waals surface area contributed by atoms with Gasteiger partial charge in [-0.25, -0.2) is 0 Å². The van der Waals surface area contributed by atoms with Gasteiger partial charge in [-0.15, -0.1) is 6.58 Å². The maximum absolute atomic E-state index is 6.29. The van der Waals surface area contributed by atoms with Crippen LogP contribution in [0.3, 0.4) is 0 Å². The highest BCUT2D eigenvalue weighted by atomic mass is 15.2. The summed E-state index contributed by atoms with van der Waals surface area (Å²) in [5.74, 6) is 0.637. The second-order valence-electron chi connectivity index (χ2n) is 8.22. The second-order valence-corrected chi connectivity index (χ2v) is 8.22. The SMILES string of the molecule is [B]c1cccc2c3c(ccc12)C(C)C/C(=C(C)\C=C/CC)N(C(=C)C(C)C=C)C3. The highest BCUT2D eigenvalue weighted by molar-refractivity contribution is 6.38. The van der Waals surface area contributed by atoms with Crippen LogP contribution in [0.4, 0.5) is 0 Å². The number of rotatable bonds is 5. The number of hydrogen-bond acceptors (Lipinski definition) is 1. The van der Waals surface area contributed by atoms with Crippen molar-refractivity contribution < 1.29 is 0 Å². The van der Waals surface area contributed by atoms with Crippen molar-refractivity contribution in [2.45, 2.75) is 53.0 Å². The molecule has 0 bridgehead atoms. The van der Waals surface area contributed by atoms with Crippen LogP contribution in [0.15, 0.2) is 78.7 Å². The summed E-state index contributed by atoms with van der Waals surface area (Å²) in [6, 6.07) is 10.7. The van der Waals surface area contributed by atoms with E-state index in [1.54, 1.807) is 0 Å². The van der Waals surface area contributed by atoms with Crippen LogP contribution in [0.5, 0.6) is 0 Å². The van der Waals surface area contributed by atoms with Crippen LogP contribution in [0, 0.1) is 5.92 Å². The fourth-order valence-electron chi connectivity index (χ4n) is 4.28. The van der Waals surface area contributed by atoms with Gasteiger partial charge in [0, 0.05) is 23.9 Å². The summed E-state index contributed by atoms with van der Waals surface area (Å²) in [6.07, 6.45) is 8.50. The Morgan fingerprint density at radius 1 is 1.28 bits per heavy atom. The molecule has 0 N–H and O–H groups in total. The van der Waals surface area contributed by atoms with Gasteiger partial charge in [-0.3, -0.25) is 0 Å². The molecule has 148 valence electrons. The summed E-state index contributed by atoms with van der Waals surface area (Å²) in [6.45, 7) is 18.2. The lowest BCUT2D eigenvalue weighted by Crippen LogP contribution is -2.25. The lowest BCUT2D eigenvalue weighted by molar-refractivity contribution is 0.377. The zero-order chi connectivity index (χ0) is 21.1. The molecule has 0 saturated heterocycles. The van der Waals surface area contributed by atoms with Crippen LogP contribution in [0.25, 0.3) is 10.8 Å². The van der Waals surface area contributed by atoms with Gasteiger partial charge < -0.3 is 4.90 Å². The predicted molar refractivity (Wildman–Crippen MR) is 129 cm³/mol. The molecule has 1 nitrogen and oxygen atoms in total. The molecule has 3 rings (SSSR count). The molecule has 2 aromatic carbocycles. The van der Waals surface area contributed by atoms with E-state index in [1.807, 2.05) is 12.1 Å². The van der Waals surface area contributed by atoms with Gasteiger partial charge in [0.15, 0.2) is 0 Å². The van der Waals surface area contributed by atoms with Crippen molar-refractivity contribution in [2.24, 2.45) is 5.92 Å². The summed E-state index contributed by atoms with van der Waals surface area (Å²) < 4.78 is 0. The minimum atomic E-state index is 0.213. The van der Waals surface area contributed by atoms with Crippen LogP contribution < -0.4 is 5.46 Å². The monoisotopic (exact) mass is 381 g/mol. The van der Waals surface area contributed by atoms with E-state index in [0.717, 1.165) is 35.9 Å². The summed E-state index contributed by atoms with van der Waals surface area (Å²) in [7, 11) is 6.29. The molecule has 0 spiro atoms. The molecule has 2 heteroatoms. The first-order chi connectivity index (χ1) is 13.9. The molecule has 1 aliphatic heterocycles. The molecule has 1 aliphatic rings. The Balaban J connectivity index is 2.23. The Kier molecular flexibility index (Phi) is 6.52. The Bertz CT molecular complexity index is 995. The average Bonchev–Trinajstić information content (AvgIpc) is 2.88. The number of nitrogens with zero attached hydrogens (tertiary/aromatic N) is 1. The molecule has 2 atom stereocenters.